The molecule has 0 saturated heterocycles. The van der Waals surface area contributed by atoms with Gasteiger partial charge in [-0.3, -0.25) is 4.79 Å². The van der Waals surface area contributed by atoms with Gasteiger partial charge in [-0.15, -0.1) is 0 Å². The summed E-state index contributed by atoms with van der Waals surface area (Å²) in [4.78, 5) is 11.9. The van der Waals surface area contributed by atoms with Crippen LogP contribution in [0.15, 0.2) is 4.52 Å². The lowest BCUT2D eigenvalue weighted by atomic mass is 9.81. The van der Waals surface area contributed by atoms with Gasteiger partial charge in [-0.05, 0) is 19.8 Å². The first-order valence-electron chi connectivity index (χ1n) is 8.31. The van der Waals surface area contributed by atoms with Gasteiger partial charge in [0.1, 0.15) is 11.5 Å². The second-order valence-corrected chi connectivity index (χ2v) is 8.71. The molecule has 1 aromatic rings. The monoisotopic (exact) mass is 377 g/mol. The predicted octanol–water partition coefficient (Wildman–Crippen LogP) is 1.13. The van der Waals surface area contributed by atoms with Crippen molar-refractivity contribution in [2.45, 2.75) is 57.5 Å². The molecule has 1 saturated carbocycles. The molecule has 7 nitrogen and oxygen atoms in total. The van der Waals surface area contributed by atoms with E-state index < -0.39 is 40.6 Å². The van der Waals surface area contributed by atoms with Crippen LogP contribution in [0, 0.1) is 5.92 Å². The average molecular weight is 377 g/mol. The van der Waals surface area contributed by atoms with E-state index in [9.17, 15) is 22.0 Å². The van der Waals surface area contributed by atoms with Crippen LogP contribution in [0.4, 0.5) is 8.78 Å². The van der Waals surface area contributed by atoms with Gasteiger partial charge in [-0.25, -0.2) is 21.9 Å². The molecule has 140 valence electrons. The second kappa shape index (κ2) is 6.64. The number of hydrogen-bond donors (Lipinski definition) is 2. The van der Waals surface area contributed by atoms with E-state index in [0.717, 1.165) is 5.56 Å². The molecule has 0 aromatic carbocycles. The number of hydrogen-bond acceptors (Lipinski definition) is 5. The van der Waals surface area contributed by atoms with Crippen LogP contribution in [-0.4, -0.2) is 37.2 Å². The minimum atomic E-state index is -3.30. The van der Waals surface area contributed by atoms with Gasteiger partial charge in [0.25, 0.3) is 0 Å². The Hall–Kier alpha value is -1.55. The van der Waals surface area contributed by atoms with Gasteiger partial charge in [-0.2, -0.15) is 0 Å². The number of nitrogens with one attached hydrogen (secondary N) is 2. The zero-order chi connectivity index (χ0) is 18.2. The first kappa shape index (κ1) is 18.2. The van der Waals surface area contributed by atoms with Crippen LogP contribution in [0.3, 0.4) is 0 Å². The largest absolute Gasteiger partial charge is 0.361 e. The molecule has 2 aliphatic carbocycles. The average Bonchev–Trinajstić information content (AvgIpc) is 2.92. The molecule has 1 fully saturated rings. The zero-order valence-corrected chi connectivity index (χ0v) is 14.7. The molecular weight excluding hydrogens is 356 g/mol. The number of sulfonamides is 1. The Morgan fingerprint density at radius 1 is 1.40 bits per heavy atom. The first-order chi connectivity index (χ1) is 11.7. The summed E-state index contributed by atoms with van der Waals surface area (Å²) in [5.41, 5.74) is 1.31. The number of aryl methyl sites for hydroxylation is 1. The maximum absolute atomic E-state index is 12.8. The molecule has 1 unspecified atom stereocenters. The van der Waals surface area contributed by atoms with Gasteiger partial charge in [-0.1, -0.05) is 5.16 Å². The van der Waals surface area contributed by atoms with Crippen LogP contribution in [0.25, 0.3) is 0 Å². The van der Waals surface area contributed by atoms with Crippen molar-refractivity contribution < 1.29 is 26.5 Å². The van der Waals surface area contributed by atoms with Crippen LogP contribution < -0.4 is 10.0 Å². The van der Waals surface area contributed by atoms with Crippen LogP contribution in [-0.2, 0) is 34.2 Å². The van der Waals surface area contributed by atoms with E-state index in [0.29, 0.717) is 30.7 Å². The second-order valence-electron chi connectivity index (χ2n) is 6.67. The Labute approximate surface area is 144 Å². The Balaban J connectivity index is 1.58. The standard InChI is InChI=1S/C15H21F2N3O4S/c1-2-25(22,23)20-10-3-4-13-11(5-10)12(19-24-13)8-18-14(21)9-6-15(16,17)7-9/h9-10,20H,2-8H2,1H3,(H,18,21). The number of nitrogens with zero attached hydrogens (tertiary/aromatic N) is 1. The maximum atomic E-state index is 12.8. The molecule has 1 heterocycles. The molecule has 0 radical (unpaired) electrons. The number of amides is 1. The molecule has 1 amide bonds. The number of aromatic nitrogens is 1. The van der Waals surface area contributed by atoms with Gasteiger partial charge in [0.15, 0.2) is 0 Å². The third-order valence-corrected chi connectivity index (χ3v) is 6.19. The Bertz CT molecular complexity index is 755. The lowest BCUT2D eigenvalue weighted by Gasteiger charge is -2.33. The fraction of sp³-hybridized carbons (Fsp3) is 0.733. The lowest BCUT2D eigenvalue weighted by molar-refractivity contribution is -0.150. The fourth-order valence-corrected chi connectivity index (χ4v) is 4.08. The molecule has 1 aromatic heterocycles. The quantitative estimate of drug-likeness (QED) is 0.774. The van der Waals surface area contributed by atoms with Crippen LogP contribution >= 0.6 is 0 Å². The maximum Gasteiger partial charge on any atom is 0.249 e. The molecule has 0 spiro atoms. The van der Waals surface area contributed by atoms with E-state index in [1.807, 2.05) is 0 Å². The van der Waals surface area contributed by atoms with Gasteiger partial charge in [0, 0.05) is 36.8 Å². The van der Waals surface area contributed by atoms with E-state index in [1.165, 1.54) is 0 Å². The van der Waals surface area contributed by atoms with Crippen molar-refractivity contribution in [2.75, 3.05) is 5.75 Å². The van der Waals surface area contributed by atoms with Gasteiger partial charge in [0.2, 0.25) is 21.9 Å². The van der Waals surface area contributed by atoms with Crippen molar-refractivity contribution in [3.63, 3.8) is 0 Å². The molecule has 3 rings (SSSR count). The number of fused-ring (bicyclic) bond motifs is 1. The van der Waals surface area contributed by atoms with Crippen LogP contribution in [0.2, 0.25) is 0 Å². The molecule has 2 N–H and O–H groups in total. The van der Waals surface area contributed by atoms with Crippen molar-refractivity contribution in [1.82, 2.24) is 15.2 Å². The number of carbonyl (C=O) groups is 1. The van der Waals surface area contributed by atoms with Crippen molar-refractivity contribution >= 4 is 15.9 Å². The van der Waals surface area contributed by atoms with Crippen molar-refractivity contribution in [1.29, 1.82) is 0 Å². The number of halogens is 2. The highest BCUT2D eigenvalue weighted by atomic mass is 32.2. The summed E-state index contributed by atoms with van der Waals surface area (Å²) in [6.07, 6.45) is 0.768. The highest BCUT2D eigenvalue weighted by Gasteiger charge is 2.48. The smallest absolute Gasteiger partial charge is 0.249 e. The van der Waals surface area contributed by atoms with Crippen molar-refractivity contribution in [2.24, 2.45) is 5.92 Å². The first-order valence-corrected chi connectivity index (χ1v) is 9.96. The zero-order valence-electron chi connectivity index (χ0n) is 13.8. The van der Waals surface area contributed by atoms with Gasteiger partial charge < -0.3 is 9.84 Å². The summed E-state index contributed by atoms with van der Waals surface area (Å²) in [6, 6.07) is -0.239. The summed E-state index contributed by atoms with van der Waals surface area (Å²) in [7, 11) is -3.30. The highest BCUT2D eigenvalue weighted by molar-refractivity contribution is 7.89. The molecule has 0 aliphatic heterocycles. The third-order valence-electron chi connectivity index (χ3n) is 4.74. The fourth-order valence-electron chi connectivity index (χ4n) is 3.20. The Morgan fingerprint density at radius 2 is 2.12 bits per heavy atom. The third kappa shape index (κ3) is 4.17. The van der Waals surface area contributed by atoms with E-state index in [2.05, 4.69) is 15.2 Å². The molecule has 0 bridgehead atoms. The summed E-state index contributed by atoms with van der Waals surface area (Å²) >= 11 is 0. The molecule has 1 atom stereocenters. The minimum Gasteiger partial charge on any atom is -0.361 e. The summed E-state index contributed by atoms with van der Waals surface area (Å²) in [5, 5.41) is 6.55. The van der Waals surface area contributed by atoms with Gasteiger partial charge >= 0.3 is 0 Å². The number of rotatable bonds is 6. The Kier molecular flexibility index (Phi) is 4.84. The predicted molar refractivity (Wildman–Crippen MR) is 84.4 cm³/mol. The minimum absolute atomic E-state index is 0.00886. The molecular formula is C15H21F2N3O4S. The number of alkyl halides is 2. The lowest BCUT2D eigenvalue weighted by Crippen LogP contribution is -2.45. The van der Waals surface area contributed by atoms with E-state index in [1.54, 1.807) is 6.92 Å². The van der Waals surface area contributed by atoms with E-state index >= 15 is 0 Å². The SMILES string of the molecule is CCS(=O)(=O)NC1CCc2onc(CNC(=O)C3CC(F)(F)C3)c2C1. The summed E-state index contributed by atoms with van der Waals surface area (Å²) in [6.45, 7) is 1.66. The van der Waals surface area contributed by atoms with E-state index in [4.69, 9.17) is 4.52 Å². The summed E-state index contributed by atoms with van der Waals surface area (Å²) < 4.78 is 57.0. The molecule has 25 heavy (non-hydrogen) atoms. The van der Waals surface area contributed by atoms with Crippen LogP contribution in [0.5, 0.6) is 0 Å². The van der Waals surface area contributed by atoms with Crippen molar-refractivity contribution in [3.05, 3.63) is 17.0 Å². The van der Waals surface area contributed by atoms with Crippen LogP contribution in [0.1, 0.15) is 43.2 Å². The topological polar surface area (TPSA) is 101 Å². The van der Waals surface area contributed by atoms with E-state index in [-0.39, 0.29) is 18.3 Å². The Morgan fingerprint density at radius 3 is 2.76 bits per heavy atom. The van der Waals surface area contributed by atoms with Crippen molar-refractivity contribution in [3.8, 4) is 0 Å². The summed E-state index contributed by atoms with van der Waals surface area (Å²) in [5.74, 6) is -3.12. The molecule has 2 aliphatic rings. The normalized spacial score (nSPS) is 22.9. The molecule has 10 heteroatoms. The van der Waals surface area contributed by atoms with Gasteiger partial charge in [0.05, 0.1) is 12.3 Å². The number of carbonyl (C=O) groups excluding carboxylic acids is 1. The highest BCUT2D eigenvalue weighted by Crippen LogP contribution is 2.42.